The number of aromatic nitrogens is 4. The Morgan fingerprint density at radius 3 is 1.25 bits per heavy atom. The molecule has 0 spiro atoms. The van der Waals surface area contributed by atoms with Gasteiger partial charge in [0, 0.05) is 80.4 Å². The lowest BCUT2D eigenvalue weighted by molar-refractivity contribution is -0.126. The van der Waals surface area contributed by atoms with Crippen LogP contribution in [0.1, 0.15) is 311 Å². The molecular weight excluding hydrogens is 1650 g/mol. The molecule has 0 radical (unpaired) electrons. The van der Waals surface area contributed by atoms with Gasteiger partial charge in [0.1, 0.15) is 28.8 Å². The molecule has 4 saturated heterocycles. The fourth-order valence-electron chi connectivity index (χ4n) is 14.0. The summed E-state index contributed by atoms with van der Waals surface area (Å²) < 4.78 is 34.7. The SMILES string of the molecule is C1CCOC1.CC[C@H](C)C1CCN(CC(=O)c2ccccc2)C(C(N)=O)C1.CC[C@H](C)C1CCNC(C(N)=O)C1.CC[C@H](C)c1ccnc(C(N)=O)c1.CC[C@H](N)C1CCN(CC(=O)c2ccccc2)C(C(N)=O)C1.CC[C@H](N)c1ccnc(C(N)=O)c1.CC[C@H](NS(=O)C(C)(C)C)c1ccnc(C#N)c1.CC[C@H](NS(=O)C(C)(C)C)c1ccnc(C(N)=O)c1.CO. The molecule has 10 rings (SSSR count). The lowest BCUT2D eigenvalue weighted by Gasteiger charge is -2.39. The number of benzene rings is 2. The van der Waals surface area contributed by atoms with Crippen molar-refractivity contribution in [2.75, 3.05) is 53.0 Å². The van der Waals surface area contributed by atoms with Crippen LogP contribution in [0.2, 0.25) is 0 Å². The van der Waals surface area contributed by atoms with Crippen molar-refractivity contribution in [1.82, 2.24) is 44.5 Å². The molecule has 4 aliphatic rings. The number of primary amides is 6. The molecule has 0 saturated carbocycles. The second-order valence-electron chi connectivity index (χ2n) is 34.1. The molecule has 15 atom stereocenters. The van der Waals surface area contributed by atoms with E-state index in [4.69, 9.17) is 61.0 Å². The Bertz CT molecular complexity index is 4210. The Labute approximate surface area is 760 Å². The number of aliphatic hydroxyl groups is 1. The number of amides is 6. The van der Waals surface area contributed by atoms with Crippen LogP contribution in [0.15, 0.2) is 134 Å². The minimum absolute atomic E-state index is 0.0186. The van der Waals surface area contributed by atoms with Crippen LogP contribution >= 0.6 is 0 Å². The Morgan fingerprint density at radius 2 is 0.890 bits per heavy atom. The second-order valence-corrected chi connectivity index (χ2v) is 38.1. The van der Waals surface area contributed by atoms with E-state index >= 15 is 0 Å². The number of Topliss-reactive ketones (excluding diaryl/α,β-unsaturated/α-hetero) is 2. The number of nitrogens with two attached hydrogens (primary N) is 8. The summed E-state index contributed by atoms with van der Waals surface area (Å²) >= 11 is 0. The summed E-state index contributed by atoms with van der Waals surface area (Å²) in [6.45, 7) is 37.5. The third-order valence-corrected chi connectivity index (χ3v) is 26.2. The maximum atomic E-state index is 12.4. The highest BCUT2D eigenvalue weighted by Gasteiger charge is 2.37. The number of hydrogen-bond acceptors (Lipinski definition) is 22. The first-order valence-electron chi connectivity index (χ1n) is 44.4. The van der Waals surface area contributed by atoms with Gasteiger partial charge in [0.05, 0.1) is 62.7 Å². The smallest absolute Gasteiger partial charge is 0.267 e. The first-order chi connectivity index (χ1) is 60.1. The van der Waals surface area contributed by atoms with Gasteiger partial charge < -0.3 is 61.0 Å². The third-order valence-electron chi connectivity index (χ3n) is 22.9. The Morgan fingerprint density at radius 1 is 0.504 bits per heavy atom. The summed E-state index contributed by atoms with van der Waals surface area (Å²) in [5.74, 6) is 0.873. The van der Waals surface area contributed by atoms with E-state index < -0.39 is 45.7 Å². The van der Waals surface area contributed by atoms with Crippen LogP contribution in [0.3, 0.4) is 0 Å². The largest absolute Gasteiger partial charge is 0.400 e. The van der Waals surface area contributed by atoms with Gasteiger partial charge in [-0.1, -0.05) is 143 Å². The zero-order chi connectivity index (χ0) is 95.7. The zero-order valence-corrected chi connectivity index (χ0v) is 79.9. The minimum Gasteiger partial charge on any atom is -0.400 e. The Balaban J connectivity index is 0.000000499. The third kappa shape index (κ3) is 41.7. The number of carbonyl (C=O) groups is 8. The van der Waals surface area contributed by atoms with Crippen molar-refractivity contribution in [2.24, 2.45) is 75.5 Å². The van der Waals surface area contributed by atoms with E-state index in [1.54, 1.807) is 73.3 Å². The van der Waals surface area contributed by atoms with E-state index in [0.29, 0.717) is 71.0 Å². The fraction of sp³-hybridized carbons (Fsp3) is 0.568. The van der Waals surface area contributed by atoms with Crippen LogP contribution in [0.4, 0.5) is 0 Å². The summed E-state index contributed by atoms with van der Waals surface area (Å²) in [5, 5.41) is 19.0. The van der Waals surface area contributed by atoms with Crippen molar-refractivity contribution >= 4 is 69.0 Å². The van der Waals surface area contributed by atoms with Gasteiger partial charge in [-0.2, -0.15) is 5.26 Å². The Hall–Kier alpha value is -9.37. The van der Waals surface area contributed by atoms with Crippen LogP contribution < -0.4 is 60.6 Å². The summed E-state index contributed by atoms with van der Waals surface area (Å²) in [6, 6.07) is 33.6. The number of pyridine rings is 4. The number of ketones is 2. The van der Waals surface area contributed by atoms with Crippen molar-refractivity contribution in [2.45, 2.75) is 265 Å². The number of piperidine rings is 3. The molecule has 0 aliphatic carbocycles. The summed E-state index contributed by atoms with van der Waals surface area (Å²) in [5.41, 5.74) is 50.1. The second kappa shape index (κ2) is 60.4. The van der Waals surface area contributed by atoms with E-state index in [0.717, 1.165) is 120 Å². The van der Waals surface area contributed by atoms with Gasteiger partial charge >= 0.3 is 0 Å². The maximum absolute atomic E-state index is 12.4. The molecule has 6 aromatic rings. The minimum atomic E-state index is -1.17. The van der Waals surface area contributed by atoms with Crippen LogP contribution in [0.5, 0.6) is 0 Å². The van der Waals surface area contributed by atoms with Gasteiger partial charge in [-0.15, -0.1) is 0 Å². The molecule has 2 aromatic carbocycles. The van der Waals surface area contributed by atoms with Gasteiger partial charge in [0.2, 0.25) is 17.7 Å². The standard InChI is InChI=1S/C18H26N2O2.C17H25N3O2.C13H21N3O2S.C13H19N3OS.C10H20N2O.C10H14N2O.C9H13N3O.C4H8O.CH4O/c1-3-13(2)15-9-10-20(16(11-15)18(19)22)12-17(21)14-7-5-4-6-8-14;1-2-14(18)13-8-9-20(15(10-13)17(19)22)11-16(21)12-6-4-3-5-7-12;1-5-10(16-19(18)13(2,3)4)9-6-7-15-11(8-9)12(14)17;1-5-12(16-18(17)13(2,3)4)10-6-7-15-11(8-10)9-14;2*1-3-7(2)8-4-5-12-9(6-8)10(11)13;1-2-7(10)6-3-4-12-8(5-6)9(11)13;1-2-4-5-3-1;1-2/h4-8,13,15-16H,3,9-12H2,1-2H3,(H2,19,22);3-7,13-15H,2,8-11,18H2,1H3,(H2,19,22);6-8,10,16H,5H2,1-4H3,(H2,14,17);6-8,12,16H,5H2,1-4H3;7-9,12H,3-6H2,1-2H3,(H2,11,13);4-7H,3H2,1-2H3,(H2,11,13);3-5,7H,2,10H2,1H3,(H2,11,13);1-4H2;2H,1H3/t13-,15?,16?;13?,14-,15?;10-,19?;12-,18?;7-,8?,9?;2*7-;;/m0000000../s1. The molecule has 6 amide bonds. The van der Waals surface area contributed by atoms with Crippen LogP contribution in [0, 0.1) is 40.9 Å². The van der Waals surface area contributed by atoms with E-state index in [9.17, 15) is 46.8 Å². The molecule has 30 nitrogen and oxygen atoms in total. The maximum Gasteiger partial charge on any atom is 0.267 e. The molecule has 8 unspecified atom stereocenters. The first-order valence-corrected chi connectivity index (χ1v) is 46.7. The van der Waals surface area contributed by atoms with Gasteiger partial charge in [-0.25, -0.2) is 22.8 Å². The average Bonchev–Trinajstić information content (AvgIpc) is 0.988. The van der Waals surface area contributed by atoms with Gasteiger partial charge in [-0.3, -0.25) is 63.1 Å². The summed E-state index contributed by atoms with van der Waals surface area (Å²) in [4.78, 5) is 111. The van der Waals surface area contributed by atoms with E-state index in [1.165, 1.54) is 25.7 Å². The van der Waals surface area contributed by atoms with Crippen molar-refractivity contribution < 1.29 is 56.6 Å². The Kier molecular flexibility index (Phi) is 54.1. The average molecular weight is 1800 g/mol. The summed E-state index contributed by atoms with van der Waals surface area (Å²) in [6.07, 6.45) is 20.9. The normalized spacial score (nSPS) is 19.4. The highest BCUT2D eigenvalue weighted by atomic mass is 32.2. The van der Waals surface area contributed by atoms with E-state index in [2.05, 4.69) is 83.2 Å². The first kappa shape index (κ1) is 114. The topological polar surface area (TPSA) is 526 Å². The van der Waals surface area contributed by atoms with Gasteiger partial charge in [0.15, 0.2) is 11.6 Å². The molecule has 0 bridgehead atoms. The monoisotopic (exact) mass is 1800 g/mol. The predicted octanol–water partition coefficient (Wildman–Crippen LogP) is 11.4. The highest BCUT2D eigenvalue weighted by Crippen LogP contribution is 2.33. The number of ether oxygens (including phenoxy) is 1. The highest BCUT2D eigenvalue weighted by molar-refractivity contribution is 7.84. The fourth-order valence-corrected chi connectivity index (χ4v) is 15.9. The molecule has 32 heteroatoms. The van der Waals surface area contributed by atoms with Crippen molar-refractivity contribution in [3.05, 3.63) is 190 Å². The van der Waals surface area contributed by atoms with Gasteiger partial charge in [0.25, 0.3) is 17.7 Å². The number of nitrogens with zero attached hydrogens (tertiary/aromatic N) is 7. The van der Waals surface area contributed by atoms with E-state index in [1.807, 2.05) is 139 Å². The number of aliphatic hydroxyl groups excluding tert-OH is 1. The van der Waals surface area contributed by atoms with Crippen LogP contribution in [0.25, 0.3) is 0 Å². The zero-order valence-electron chi connectivity index (χ0n) is 78.3. The number of nitrogens with one attached hydrogen (secondary N) is 3. The number of nitriles is 1. The van der Waals surface area contributed by atoms with Crippen molar-refractivity contribution in [3.8, 4) is 6.07 Å². The lowest BCUT2D eigenvalue weighted by atomic mass is 9.80. The predicted molar refractivity (Wildman–Crippen MR) is 506 cm³/mol. The van der Waals surface area contributed by atoms with Crippen molar-refractivity contribution in [1.29, 1.82) is 5.26 Å². The van der Waals surface area contributed by atoms with Gasteiger partial charge in [-0.05, 0) is 251 Å². The molecule has 127 heavy (non-hydrogen) atoms. The molecule has 4 fully saturated rings. The molecule has 8 heterocycles. The molecule has 704 valence electrons. The van der Waals surface area contributed by atoms with Crippen LogP contribution in [-0.4, -0.2) is 177 Å². The lowest BCUT2D eigenvalue weighted by Crippen LogP contribution is -2.53. The number of carbonyl (C=O) groups excluding carboxylic acids is 8. The molecule has 4 aliphatic heterocycles. The van der Waals surface area contributed by atoms with E-state index in [-0.39, 0.29) is 99.5 Å². The molecule has 20 N–H and O–H groups in total. The number of likely N-dealkylation sites (tertiary alicyclic amines) is 2. The van der Waals surface area contributed by atoms with Crippen LogP contribution in [-0.2, 0) is 41.1 Å². The summed E-state index contributed by atoms with van der Waals surface area (Å²) in [7, 11) is -1.30. The van der Waals surface area contributed by atoms with Crippen molar-refractivity contribution in [3.63, 3.8) is 0 Å². The molecule has 4 aromatic heterocycles. The molecular formula is C95H150N18O12S2. The number of rotatable bonds is 30. The number of hydrogen-bond donors (Lipinski definition) is 12. The quantitative estimate of drug-likeness (QED) is 0.0186.